The number of hydrogen-bond acceptors (Lipinski definition) is 5. The van der Waals surface area contributed by atoms with Gasteiger partial charge in [-0.25, -0.2) is 18.4 Å². The van der Waals surface area contributed by atoms with E-state index >= 15 is 0 Å². The topological polar surface area (TPSA) is 71.3 Å². The summed E-state index contributed by atoms with van der Waals surface area (Å²) >= 11 is 0. The van der Waals surface area contributed by atoms with Crippen molar-refractivity contribution in [3.05, 3.63) is 54.0 Å². The van der Waals surface area contributed by atoms with Crippen LogP contribution in [-0.2, 0) is 16.6 Å². The first-order chi connectivity index (χ1) is 14.0. The van der Waals surface area contributed by atoms with Gasteiger partial charge in [0.2, 0.25) is 10.0 Å². The molecule has 1 fully saturated rings. The number of pyridine rings is 1. The highest BCUT2D eigenvalue weighted by atomic mass is 32.2. The van der Waals surface area contributed by atoms with Crippen LogP contribution >= 0.6 is 0 Å². The summed E-state index contributed by atoms with van der Waals surface area (Å²) in [7, 11) is -3.13. The third-order valence-electron chi connectivity index (χ3n) is 5.30. The zero-order chi connectivity index (χ0) is 20.4. The van der Waals surface area contributed by atoms with Crippen LogP contribution in [0.15, 0.2) is 42.6 Å². The molecule has 0 atom stereocenters. The minimum absolute atomic E-state index is 0.224. The van der Waals surface area contributed by atoms with E-state index in [1.165, 1.54) is 5.56 Å². The molecule has 2 aromatic heterocycles. The standard InChI is InChI=1S/C21H27N5O2S/c1-3-14-29(27,28)25-12-10-24(11-13-25)16-20-23-19-8-5-9-22-21(19)26(20)18-7-4-6-17(2)15-18/h4-9,15H,3,10-14,16H2,1-2H3. The molecule has 154 valence electrons. The van der Waals surface area contributed by atoms with Crippen molar-refractivity contribution in [3.8, 4) is 5.69 Å². The predicted molar refractivity (Wildman–Crippen MR) is 115 cm³/mol. The van der Waals surface area contributed by atoms with Gasteiger partial charge in [0.15, 0.2) is 5.65 Å². The van der Waals surface area contributed by atoms with E-state index in [9.17, 15) is 8.42 Å². The third kappa shape index (κ3) is 4.19. The molecular weight excluding hydrogens is 386 g/mol. The SMILES string of the molecule is CCCS(=O)(=O)N1CCN(Cc2nc3cccnc3n2-c2cccc(C)c2)CC1. The molecule has 3 aromatic rings. The first-order valence-corrected chi connectivity index (χ1v) is 11.7. The van der Waals surface area contributed by atoms with E-state index in [0.29, 0.717) is 39.1 Å². The first-order valence-electron chi connectivity index (χ1n) is 10.1. The van der Waals surface area contributed by atoms with Crippen LogP contribution in [0.3, 0.4) is 0 Å². The Morgan fingerprint density at radius 2 is 1.86 bits per heavy atom. The van der Waals surface area contributed by atoms with E-state index in [4.69, 9.17) is 4.98 Å². The van der Waals surface area contributed by atoms with Crippen LogP contribution in [0.25, 0.3) is 16.9 Å². The molecule has 4 rings (SSSR count). The van der Waals surface area contributed by atoms with Gasteiger partial charge in [0.1, 0.15) is 11.3 Å². The number of sulfonamides is 1. The van der Waals surface area contributed by atoms with E-state index in [2.05, 4.69) is 39.6 Å². The molecule has 0 amide bonds. The number of rotatable bonds is 6. The van der Waals surface area contributed by atoms with Gasteiger partial charge in [-0.15, -0.1) is 0 Å². The van der Waals surface area contributed by atoms with Gasteiger partial charge in [0.05, 0.1) is 12.3 Å². The van der Waals surface area contributed by atoms with E-state index in [1.54, 1.807) is 10.5 Å². The number of nitrogens with zero attached hydrogens (tertiary/aromatic N) is 5. The highest BCUT2D eigenvalue weighted by Gasteiger charge is 2.27. The van der Waals surface area contributed by atoms with Crippen molar-refractivity contribution in [3.63, 3.8) is 0 Å². The second-order valence-electron chi connectivity index (χ2n) is 7.54. The molecule has 0 N–H and O–H groups in total. The zero-order valence-electron chi connectivity index (χ0n) is 17.0. The summed E-state index contributed by atoms with van der Waals surface area (Å²) in [5, 5.41) is 0. The summed E-state index contributed by atoms with van der Waals surface area (Å²) in [5.41, 5.74) is 3.94. The highest BCUT2D eigenvalue weighted by Crippen LogP contribution is 2.22. The molecule has 0 saturated carbocycles. The normalized spacial score (nSPS) is 16.5. The molecule has 1 aliphatic heterocycles. The van der Waals surface area contributed by atoms with Crippen molar-refractivity contribution < 1.29 is 8.42 Å². The highest BCUT2D eigenvalue weighted by molar-refractivity contribution is 7.89. The lowest BCUT2D eigenvalue weighted by Gasteiger charge is -2.33. The number of benzene rings is 1. The van der Waals surface area contributed by atoms with Gasteiger partial charge in [0, 0.05) is 38.1 Å². The monoisotopic (exact) mass is 413 g/mol. The number of aromatic nitrogens is 3. The fourth-order valence-electron chi connectivity index (χ4n) is 3.86. The number of aryl methyl sites for hydroxylation is 1. The Labute approximate surface area is 172 Å². The smallest absolute Gasteiger partial charge is 0.214 e. The molecule has 0 bridgehead atoms. The van der Waals surface area contributed by atoms with Crippen LogP contribution in [0.2, 0.25) is 0 Å². The van der Waals surface area contributed by atoms with Crippen molar-refractivity contribution >= 4 is 21.2 Å². The van der Waals surface area contributed by atoms with Crippen LogP contribution in [0.5, 0.6) is 0 Å². The summed E-state index contributed by atoms with van der Waals surface area (Å²) in [4.78, 5) is 11.7. The molecule has 7 nitrogen and oxygen atoms in total. The Kier molecular flexibility index (Phi) is 5.67. The molecule has 0 aliphatic carbocycles. The average molecular weight is 414 g/mol. The summed E-state index contributed by atoms with van der Waals surface area (Å²) in [6, 6.07) is 12.2. The van der Waals surface area contributed by atoms with Crippen molar-refractivity contribution in [2.45, 2.75) is 26.8 Å². The lowest BCUT2D eigenvalue weighted by atomic mass is 10.2. The summed E-state index contributed by atoms with van der Waals surface area (Å²) < 4.78 is 28.4. The summed E-state index contributed by atoms with van der Waals surface area (Å²) in [6.45, 7) is 7.10. The molecular formula is C21H27N5O2S. The van der Waals surface area contributed by atoms with E-state index < -0.39 is 10.0 Å². The fourth-order valence-corrected chi connectivity index (χ4v) is 5.35. The van der Waals surface area contributed by atoms with Gasteiger partial charge in [-0.3, -0.25) is 9.47 Å². The van der Waals surface area contributed by atoms with Crippen LogP contribution in [0.4, 0.5) is 0 Å². The average Bonchev–Trinajstić information content (AvgIpc) is 3.06. The van der Waals surface area contributed by atoms with E-state index in [-0.39, 0.29) is 5.75 Å². The number of fused-ring (bicyclic) bond motifs is 1. The van der Waals surface area contributed by atoms with Crippen LogP contribution in [0.1, 0.15) is 24.7 Å². The molecule has 1 aliphatic rings. The minimum Gasteiger partial charge on any atom is -0.293 e. The van der Waals surface area contributed by atoms with Crippen molar-refractivity contribution in [2.24, 2.45) is 0 Å². The van der Waals surface area contributed by atoms with Gasteiger partial charge in [-0.2, -0.15) is 4.31 Å². The van der Waals surface area contributed by atoms with Crippen molar-refractivity contribution in [1.29, 1.82) is 0 Å². The summed E-state index contributed by atoms with van der Waals surface area (Å²) in [5.74, 6) is 1.15. The molecule has 1 aromatic carbocycles. The van der Waals surface area contributed by atoms with Crippen LogP contribution < -0.4 is 0 Å². The molecule has 8 heteroatoms. The summed E-state index contributed by atoms with van der Waals surface area (Å²) in [6.07, 6.45) is 2.44. The van der Waals surface area contributed by atoms with E-state index in [0.717, 1.165) is 22.7 Å². The second-order valence-corrected chi connectivity index (χ2v) is 9.63. The Morgan fingerprint density at radius 3 is 2.59 bits per heavy atom. The molecule has 0 unspecified atom stereocenters. The van der Waals surface area contributed by atoms with Gasteiger partial charge >= 0.3 is 0 Å². The third-order valence-corrected chi connectivity index (χ3v) is 7.37. The van der Waals surface area contributed by atoms with Crippen molar-refractivity contribution in [2.75, 3.05) is 31.9 Å². The number of piperazine rings is 1. The first kappa shape index (κ1) is 20.0. The van der Waals surface area contributed by atoms with Crippen LogP contribution in [-0.4, -0.2) is 64.1 Å². The largest absolute Gasteiger partial charge is 0.293 e. The van der Waals surface area contributed by atoms with Crippen LogP contribution in [0, 0.1) is 6.92 Å². The Morgan fingerprint density at radius 1 is 1.07 bits per heavy atom. The van der Waals surface area contributed by atoms with E-state index in [1.807, 2.05) is 25.1 Å². The molecule has 29 heavy (non-hydrogen) atoms. The Bertz CT molecular complexity index is 1100. The molecule has 1 saturated heterocycles. The zero-order valence-corrected chi connectivity index (χ0v) is 17.8. The van der Waals surface area contributed by atoms with Gasteiger partial charge in [-0.1, -0.05) is 19.1 Å². The second kappa shape index (κ2) is 8.22. The molecule has 0 spiro atoms. The maximum absolute atomic E-state index is 12.3. The lowest BCUT2D eigenvalue weighted by Crippen LogP contribution is -2.49. The minimum atomic E-state index is -3.13. The Hall–Kier alpha value is -2.29. The Balaban J connectivity index is 1.59. The lowest BCUT2D eigenvalue weighted by molar-refractivity contribution is 0.177. The quantitative estimate of drug-likeness (QED) is 0.621. The number of hydrogen-bond donors (Lipinski definition) is 0. The molecule has 3 heterocycles. The maximum Gasteiger partial charge on any atom is 0.214 e. The van der Waals surface area contributed by atoms with Gasteiger partial charge in [-0.05, 0) is 43.2 Å². The van der Waals surface area contributed by atoms with Gasteiger partial charge in [0.25, 0.3) is 0 Å². The fraction of sp³-hybridized carbons (Fsp3) is 0.429. The number of imidazole rings is 1. The van der Waals surface area contributed by atoms with Gasteiger partial charge < -0.3 is 0 Å². The van der Waals surface area contributed by atoms with Crippen molar-refractivity contribution in [1.82, 2.24) is 23.7 Å². The maximum atomic E-state index is 12.3. The predicted octanol–water partition coefficient (Wildman–Crippen LogP) is 2.59. The molecule has 0 radical (unpaired) electrons.